The van der Waals surface area contributed by atoms with Crippen LogP contribution in [0, 0.1) is 0 Å². The lowest BCUT2D eigenvalue weighted by molar-refractivity contribution is 0.0746. The van der Waals surface area contributed by atoms with Gasteiger partial charge in [0.05, 0.1) is 30.3 Å². The Morgan fingerprint density at radius 2 is 2.27 bits per heavy atom. The van der Waals surface area contributed by atoms with Crippen molar-refractivity contribution in [1.29, 1.82) is 0 Å². The molecule has 0 spiro atoms. The second-order valence-corrected chi connectivity index (χ2v) is 3.72. The van der Waals surface area contributed by atoms with Crippen LogP contribution in [0.1, 0.15) is 11.9 Å². The number of para-hydroxylation sites is 2. The van der Waals surface area contributed by atoms with Gasteiger partial charge in [0.1, 0.15) is 5.82 Å². The number of aromatic nitrogens is 2. The van der Waals surface area contributed by atoms with Crippen LogP contribution in [0.5, 0.6) is 0 Å². The topological polar surface area (TPSA) is 49.9 Å². The highest BCUT2D eigenvalue weighted by molar-refractivity contribution is 5.74. The maximum absolute atomic E-state index is 5.41. The Bertz CT molecular complexity index is 427. The number of nitrogens with zero attached hydrogens (tertiary/aromatic N) is 1. The average Bonchev–Trinajstić information content (AvgIpc) is 2.74. The molecule has 0 aliphatic carbocycles. The summed E-state index contributed by atoms with van der Waals surface area (Å²) in [6.45, 7) is 2.37. The summed E-state index contributed by atoms with van der Waals surface area (Å²) in [4.78, 5) is 7.85. The van der Waals surface area contributed by atoms with Crippen LogP contribution in [0.3, 0.4) is 0 Å². The van der Waals surface area contributed by atoms with Gasteiger partial charge < -0.3 is 15.0 Å². The molecule has 0 saturated carbocycles. The summed E-state index contributed by atoms with van der Waals surface area (Å²) in [6.07, 6.45) is 0. The first kappa shape index (κ1) is 8.88. The Labute approximate surface area is 87.7 Å². The predicted octanol–water partition coefficient (Wildman–Crippen LogP) is 1.22. The molecule has 1 aromatic heterocycles. The van der Waals surface area contributed by atoms with Gasteiger partial charge in [0, 0.05) is 6.54 Å². The van der Waals surface area contributed by atoms with Gasteiger partial charge in [-0.25, -0.2) is 4.98 Å². The van der Waals surface area contributed by atoms with E-state index in [4.69, 9.17) is 4.74 Å². The molecule has 78 valence electrons. The largest absolute Gasteiger partial charge is 0.378 e. The van der Waals surface area contributed by atoms with E-state index in [1.165, 1.54) is 0 Å². The van der Waals surface area contributed by atoms with Gasteiger partial charge in [0.15, 0.2) is 0 Å². The van der Waals surface area contributed by atoms with Crippen LogP contribution in [0.4, 0.5) is 0 Å². The molecular formula is C11H13N3O. The third-order valence-corrected chi connectivity index (χ3v) is 2.66. The molecule has 1 atom stereocenters. The van der Waals surface area contributed by atoms with E-state index in [9.17, 15) is 0 Å². The first-order valence-corrected chi connectivity index (χ1v) is 5.19. The van der Waals surface area contributed by atoms with E-state index in [1.54, 1.807) is 0 Å². The van der Waals surface area contributed by atoms with Crippen molar-refractivity contribution in [2.24, 2.45) is 0 Å². The fraction of sp³-hybridized carbons (Fsp3) is 0.364. The number of fused-ring (bicyclic) bond motifs is 1. The van der Waals surface area contributed by atoms with Gasteiger partial charge in [-0.1, -0.05) is 12.1 Å². The molecule has 15 heavy (non-hydrogen) atoms. The van der Waals surface area contributed by atoms with Gasteiger partial charge in [-0.3, -0.25) is 0 Å². The summed E-state index contributed by atoms with van der Waals surface area (Å²) >= 11 is 0. The van der Waals surface area contributed by atoms with Gasteiger partial charge in [-0.05, 0) is 12.1 Å². The molecule has 4 nitrogen and oxygen atoms in total. The van der Waals surface area contributed by atoms with Crippen molar-refractivity contribution in [2.75, 3.05) is 19.8 Å². The fourth-order valence-corrected chi connectivity index (χ4v) is 1.88. The van der Waals surface area contributed by atoms with E-state index in [0.29, 0.717) is 6.61 Å². The molecule has 0 radical (unpaired) electrons. The number of morpholine rings is 1. The maximum atomic E-state index is 5.41. The maximum Gasteiger partial charge on any atom is 0.126 e. The van der Waals surface area contributed by atoms with E-state index in [1.807, 2.05) is 24.3 Å². The number of H-pyrrole nitrogens is 1. The molecule has 3 rings (SSSR count). The lowest BCUT2D eigenvalue weighted by atomic mass is 10.3. The van der Waals surface area contributed by atoms with Crippen molar-refractivity contribution in [3.05, 3.63) is 30.1 Å². The van der Waals surface area contributed by atoms with E-state index in [-0.39, 0.29) is 6.04 Å². The number of imidazole rings is 1. The second-order valence-electron chi connectivity index (χ2n) is 3.72. The van der Waals surface area contributed by atoms with Crippen molar-refractivity contribution in [3.63, 3.8) is 0 Å². The van der Waals surface area contributed by atoms with E-state index in [0.717, 1.165) is 30.0 Å². The Balaban J connectivity index is 1.96. The summed E-state index contributed by atoms with van der Waals surface area (Å²) in [5, 5.41) is 3.38. The van der Waals surface area contributed by atoms with E-state index in [2.05, 4.69) is 15.3 Å². The molecule has 2 N–H and O–H groups in total. The molecular weight excluding hydrogens is 190 g/mol. The molecule has 1 unspecified atom stereocenters. The first-order chi connectivity index (χ1) is 7.43. The number of hydrogen-bond acceptors (Lipinski definition) is 3. The van der Waals surface area contributed by atoms with Crippen molar-refractivity contribution in [1.82, 2.24) is 15.3 Å². The SMILES string of the molecule is c1ccc2[nH]c(C3COCCN3)nc2c1. The first-order valence-electron chi connectivity index (χ1n) is 5.19. The second kappa shape index (κ2) is 3.64. The normalized spacial score (nSPS) is 22.0. The minimum absolute atomic E-state index is 0.200. The molecule has 2 aromatic rings. The highest BCUT2D eigenvalue weighted by Crippen LogP contribution is 2.17. The molecule has 1 aliphatic rings. The number of ether oxygens (including phenoxy) is 1. The molecule has 2 heterocycles. The van der Waals surface area contributed by atoms with Crippen LogP contribution < -0.4 is 5.32 Å². The number of rotatable bonds is 1. The molecule has 0 bridgehead atoms. The molecule has 0 amide bonds. The van der Waals surface area contributed by atoms with Crippen molar-refractivity contribution in [2.45, 2.75) is 6.04 Å². The lowest BCUT2D eigenvalue weighted by Gasteiger charge is -2.21. The Hall–Kier alpha value is -1.39. The van der Waals surface area contributed by atoms with Crippen LogP contribution in [-0.2, 0) is 4.74 Å². The van der Waals surface area contributed by atoms with Crippen LogP contribution in [0.15, 0.2) is 24.3 Å². The number of nitrogens with one attached hydrogen (secondary N) is 2. The van der Waals surface area contributed by atoms with Gasteiger partial charge >= 0.3 is 0 Å². The van der Waals surface area contributed by atoms with E-state index < -0.39 is 0 Å². The minimum atomic E-state index is 0.200. The monoisotopic (exact) mass is 203 g/mol. The van der Waals surface area contributed by atoms with Gasteiger partial charge in [-0.15, -0.1) is 0 Å². The molecule has 4 heteroatoms. The Morgan fingerprint density at radius 1 is 1.33 bits per heavy atom. The molecule has 1 aliphatic heterocycles. The lowest BCUT2D eigenvalue weighted by Crippen LogP contribution is -2.35. The average molecular weight is 203 g/mol. The van der Waals surface area contributed by atoms with Crippen molar-refractivity contribution >= 4 is 11.0 Å². The predicted molar refractivity (Wildman–Crippen MR) is 57.7 cm³/mol. The molecule has 1 saturated heterocycles. The molecule has 1 aromatic carbocycles. The third kappa shape index (κ3) is 1.62. The molecule has 1 fully saturated rings. The zero-order valence-corrected chi connectivity index (χ0v) is 8.36. The van der Waals surface area contributed by atoms with Crippen LogP contribution >= 0.6 is 0 Å². The quantitative estimate of drug-likeness (QED) is 0.732. The van der Waals surface area contributed by atoms with Gasteiger partial charge in [0.2, 0.25) is 0 Å². The smallest absolute Gasteiger partial charge is 0.126 e. The highest BCUT2D eigenvalue weighted by atomic mass is 16.5. The zero-order chi connectivity index (χ0) is 10.1. The van der Waals surface area contributed by atoms with Gasteiger partial charge in [-0.2, -0.15) is 0 Å². The Kier molecular flexibility index (Phi) is 2.16. The van der Waals surface area contributed by atoms with Gasteiger partial charge in [0.25, 0.3) is 0 Å². The summed E-state index contributed by atoms with van der Waals surface area (Å²) in [7, 11) is 0. The van der Waals surface area contributed by atoms with Crippen molar-refractivity contribution < 1.29 is 4.74 Å². The Morgan fingerprint density at radius 3 is 3.07 bits per heavy atom. The van der Waals surface area contributed by atoms with E-state index >= 15 is 0 Å². The summed E-state index contributed by atoms with van der Waals surface area (Å²) < 4.78 is 5.41. The fourth-order valence-electron chi connectivity index (χ4n) is 1.88. The third-order valence-electron chi connectivity index (χ3n) is 2.66. The summed E-state index contributed by atoms with van der Waals surface area (Å²) in [5.41, 5.74) is 2.10. The number of hydrogen-bond donors (Lipinski definition) is 2. The summed E-state index contributed by atoms with van der Waals surface area (Å²) in [6, 6.07) is 8.26. The van der Waals surface area contributed by atoms with Crippen LogP contribution in [-0.4, -0.2) is 29.7 Å². The van der Waals surface area contributed by atoms with Crippen LogP contribution in [0.2, 0.25) is 0 Å². The van der Waals surface area contributed by atoms with Crippen molar-refractivity contribution in [3.8, 4) is 0 Å². The standard InChI is InChI=1S/C11H13N3O/c1-2-4-9-8(3-1)13-11(14-9)10-7-15-6-5-12-10/h1-4,10,12H,5-7H2,(H,13,14). The number of benzene rings is 1. The minimum Gasteiger partial charge on any atom is -0.378 e. The van der Waals surface area contributed by atoms with Crippen LogP contribution in [0.25, 0.3) is 11.0 Å². The zero-order valence-electron chi connectivity index (χ0n) is 8.36. The summed E-state index contributed by atoms with van der Waals surface area (Å²) in [5.74, 6) is 0.968. The number of aromatic amines is 1. The highest BCUT2D eigenvalue weighted by Gasteiger charge is 2.18.